The highest BCUT2D eigenvalue weighted by Crippen LogP contribution is 2.42. The van der Waals surface area contributed by atoms with Crippen molar-refractivity contribution in [3.8, 4) is 0 Å². The first-order chi connectivity index (χ1) is 14.0. The Balaban J connectivity index is 1.75. The van der Waals surface area contributed by atoms with Crippen LogP contribution in [-0.2, 0) is 6.42 Å². The summed E-state index contributed by atoms with van der Waals surface area (Å²) in [5.41, 5.74) is 13.4. The van der Waals surface area contributed by atoms with Gasteiger partial charge in [-0.2, -0.15) is 0 Å². The highest BCUT2D eigenvalue weighted by atomic mass is 79.9. The molecular formula is C22H25BrClN3OS. The molecule has 1 aliphatic carbocycles. The van der Waals surface area contributed by atoms with Crippen molar-refractivity contribution in [2.45, 2.75) is 38.6 Å². The molecule has 154 valence electrons. The summed E-state index contributed by atoms with van der Waals surface area (Å²) in [5.74, 6) is 0.818. The number of piperidine rings is 1. The van der Waals surface area contributed by atoms with Crippen LogP contribution in [0, 0.1) is 0 Å². The second-order valence-electron chi connectivity index (χ2n) is 7.58. The van der Waals surface area contributed by atoms with Gasteiger partial charge in [0.15, 0.2) is 0 Å². The molecule has 1 amide bonds. The average Bonchev–Trinajstić information content (AvgIpc) is 2.85. The predicted molar refractivity (Wildman–Crippen MR) is 127 cm³/mol. The highest BCUT2D eigenvalue weighted by molar-refractivity contribution is 9.11. The number of fused-ring (bicyclic) bond motifs is 2. The summed E-state index contributed by atoms with van der Waals surface area (Å²) >= 11 is 11.4. The zero-order chi connectivity index (χ0) is 20.5. The quantitative estimate of drug-likeness (QED) is 0.490. The largest absolute Gasteiger partial charge is 0.398 e. The number of allylic oxidation sites excluding steroid dienone is 2. The number of aryl methyl sites for hydroxylation is 1. The van der Waals surface area contributed by atoms with E-state index in [1.165, 1.54) is 39.6 Å². The second kappa shape index (κ2) is 8.78. The van der Waals surface area contributed by atoms with Gasteiger partial charge in [-0.25, -0.2) is 0 Å². The van der Waals surface area contributed by atoms with Gasteiger partial charge in [-0.1, -0.05) is 35.9 Å². The smallest absolute Gasteiger partial charge is 0.281 e. The fraction of sp³-hybridized carbons (Fsp3) is 0.409. The van der Waals surface area contributed by atoms with E-state index >= 15 is 0 Å². The molecule has 4 rings (SSSR count). The molecule has 0 aromatic heterocycles. The SMILES string of the molecule is CCSC(=O)N1CCC(=C2c3cc(N)c(Cl)cc3CCC3=CC(Br)=CNC32)CC1. The molecular weight excluding hydrogens is 470 g/mol. The first-order valence-corrected chi connectivity index (χ1v) is 12.2. The number of dihydropyridines is 1. The number of hydrogen-bond acceptors (Lipinski definition) is 4. The molecule has 29 heavy (non-hydrogen) atoms. The first-order valence-electron chi connectivity index (χ1n) is 10.0. The Morgan fingerprint density at radius 1 is 1.31 bits per heavy atom. The molecule has 1 unspecified atom stereocenters. The third-order valence-corrected chi connectivity index (χ3v) is 7.42. The van der Waals surface area contributed by atoms with Crippen molar-refractivity contribution in [3.63, 3.8) is 0 Å². The minimum atomic E-state index is 0.139. The number of amides is 1. The summed E-state index contributed by atoms with van der Waals surface area (Å²) in [6, 6.07) is 4.21. The lowest BCUT2D eigenvalue weighted by molar-refractivity contribution is 0.219. The van der Waals surface area contributed by atoms with Gasteiger partial charge >= 0.3 is 0 Å². The van der Waals surface area contributed by atoms with Gasteiger partial charge in [-0.05, 0) is 87.8 Å². The van der Waals surface area contributed by atoms with Crippen LogP contribution in [0.2, 0.25) is 5.02 Å². The molecule has 2 aliphatic heterocycles. The number of nitrogens with zero attached hydrogens (tertiary/aromatic N) is 1. The molecule has 7 heteroatoms. The van der Waals surface area contributed by atoms with E-state index in [4.69, 9.17) is 17.3 Å². The molecule has 0 saturated carbocycles. The molecule has 3 N–H and O–H groups in total. The number of likely N-dealkylation sites (tertiary alicyclic amines) is 1. The minimum absolute atomic E-state index is 0.139. The number of carbonyl (C=O) groups excluding carboxylic acids is 1. The van der Waals surface area contributed by atoms with Gasteiger partial charge in [0.1, 0.15) is 0 Å². The number of hydrogen-bond donors (Lipinski definition) is 2. The van der Waals surface area contributed by atoms with Crippen LogP contribution in [0.1, 0.15) is 37.3 Å². The van der Waals surface area contributed by atoms with Crippen LogP contribution < -0.4 is 11.1 Å². The number of nitrogens with one attached hydrogen (secondary N) is 1. The van der Waals surface area contributed by atoms with Crippen LogP contribution >= 0.6 is 39.3 Å². The number of halogens is 2. The summed E-state index contributed by atoms with van der Waals surface area (Å²) in [6.07, 6.45) is 7.95. The molecule has 1 aromatic rings. The summed E-state index contributed by atoms with van der Waals surface area (Å²) in [4.78, 5) is 14.3. The van der Waals surface area contributed by atoms with Crippen LogP contribution in [0.15, 0.2) is 40.0 Å². The van der Waals surface area contributed by atoms with Crippen LogP contribution in [0.25, 0.3) is 5.57 Å². The van der Waals surface area contributed by atoms with Gasteiger partial charge in [0.05, 0.1) is 16.8 Å². The fourth-order valence-electron chi connectivity index (χ4n) is 4.42. The Morgan fingerprint density at radius 2 is 2.07 bits per heavy atom. The number of benzene rings is 1. The van der Waals surface area contributed by atoms with Crippen LogP contribution in [-0.4, -0.2) is 35.0 Å². The zero-order valence-corrected chi connectivity index (χ0v) is 19.6. The Kier molecular flexibility index (Phi) is 6.32. The van der Waals surface area contributed by atoms with E-state index in [9.17, 15) is 4.79 Å². The maximum absolute atomic E-state index is 12.3. The average molecular weight is 495 g/mol. The maximum Gasteiger partial charge on any atom is 0.281 e. The van der Waals surface area contributed by atoms with Gasteiger partial charge in [0, 0.05) is 23.8 Å². The van der Waals surface area contributed by atoms with Gasteiger partial charge in [0.2, 0.25) is 0 Å². The number of rotatable bonds is 1. The molecule has 1 atom stereocenters. The second-order valence-corrected chi connectivity index (χ2v) is 10.1. The molecule has 0 bridgehead atoms. The van der Waals surface area contributed by atoms with E-state index in [2.05, 4.69) is 27.3 Å². The van der Waals surface area contributed by atoms with Crippen molar-refractivity contribution in [1.29, 1.82) is 0 Å². The fourth-order valence-corrected chi connectivity index (χ4v) is 5.64. The molecule has 1 fully saturated rings. The van der Waals surface area contributed by atoms with E-state index in [0.29, 0.717) is 10.7 Å². The predicted octanol–water partition coefficient (Wildman–Crippen LogP) is 5.73. The number of carbonyl (C=O) groups is 1. The van der Waals surface area contributed by atoms with E-state index in [1.54, 1.807) is 0 Å². The molecule has 0 spiro atoms. The zero-order valence-electron chi connectivity index (χ0n) is 16.4. The third-order valence-electron chi connectivity index (χ3n) is 5.84. The van der Waals surface area contributed by atoms with Crippen molar-refractivity contribution < 1.29 is 4.79 Å². The molecule has 4 nitrogen and oxygen atoms in total. The van der Waals surface area contributed by atoms with Crippen LogP contribution in [0.5, 0.6) is 0 Å². The Hall–Kier alpha value is -1.37. The van der Waals surface area contributed by atoms with Crippen molar-refractivity contribution in [3.05, 3.63) is 56.2 Å². The normalized spacial score (nSPS) is 21.5. The molecule has 0 radical (unpaired) electrons. The third kappa shape index (κ3) is 4.25. The number of nitrogen functional groups attached to an aromatic ring is 1. The Labute approximate surface area is 189 Å². The maximum atomic E-state index is 12.3. The van der Waals surface area contributed by atoms with Gasteiger partial charge in [-0.3, -0.25) is 4.79 Å². The van der Waals surface area contributed by atoms with Crippen molar-refractivity contribution >= 4 is 55.8 Å². The van der Waals surface area contributed by atoms with Gasteiger partial charge < -0.3 is 16.0 Å². The number of thioether (sulfide) groups is 1. The topological polar surface area (TPSA) is 58.4 Å². The summed E-state index contributed by atoms with van der Waals surface area (Å²) in [7, 11) is 0. The summed E-state index contributed by atoms with van der Waals surface area (Å²) in [5, 5.41) is 4.41. The lowest BCUT2D eigenvalue weighted by Gasteiger charge is -2.33. The number of nitrogens with two attached hydrogens (primary N) is 1. The Bertz CT molecular complexity index is 930. The minimum Gasteiger partial charge on any atom is -0.398 e. The Morgan fingerprint density at radius 3 is 2.79 bits per heavy atom. The monoisotopic (exact) mass is 493 g/mol. The molecule has 3 aliphatic rings. The van der Waals surface area contributed by atoms with E-state index in [1.807, 2.05) is 30.2 Å². The standard InChI is InChI=1S/C22H25BrClN3OS/c1-2-29-22(28)27-7-5-13(6-8-27)20-17-11-19(25)18(24)10-14(17)3-4-15-9-16(23)12-26-21(15)20/h9-12,21,26H,2-8,25H2,1H3. The van der Waals surface area contributed by atoms with Crippen molar-refractivity contribution in [2.24, 2.45) is 0 Å². The summed E-state index contributed by atoms with van der Waals surface area (Å²) < 4.78 is 1.06. The molecule has 1 saturated heterocycles. The molecule has 1 aromatic carbocycles. The lowest BCUT2D eigenvalue weighted by Crippen LogP contribution is -2.36. The number of anilines is 1. The van der Waals surface area contributed by atoms with Crippen molar-refractivity contribution in [2.75, 3.05) is 24.6 Å². The van der Waals surface area contributed by atoms with E-state index < -0.39 is 0 Å². The molecule has 2 heterocycles. The summed E-state index contributed by atoms with van der Waals surface area (Å²) in [6.45, 7) is 3.56. The first kappa shape index (κ1) is 20.9. The van der Waals surface area contributed by atoms with Gasteiger partial charge in [0.25, 0.3) is 5.24 Å². The van der Waals surface area contributed by atoms with Crippen LogP contribution in [0.3, 0.4) is 0 Å². The van der Waals surface area contributed by atoms with Crippen molar-refractivity contribution in [1.82, 2.24) is 10.2 Å². The lowest BCUT2D eigenvalue weighted by atomic mass is 9.85. The highest BCUT2D eigenvalue weighted by Gasteiger charge is 2.31. The van der Waals surface area contributed by atoms with E-state index in [-0.39, 0.29) is 11.3 Å². The van der Waals surface area contributed by atoms with E-state index in [0.717, 1.165) is 49.0 Å². The van der Waals surface area contributed by atoms with Crippen LogP contribution in [0.4, 0.5) is 10.5 Å². The van der Waals surface area contributed by atoms with Gasteiger partial charge in [-0.15, -0.1) is 0 Å².